The number of ether oxygens (including phenoxy) is 1. The number of methoxy groups -OCH3 is 1. The summed E-state index contributed by atoms with van der Waals surface area (Å²) in [5.74, 6) is 0.816. The Morgan fingerprint density at radius 2 is 2.26 bits per heavy atom. The molecule has 0 saturated carbocycles. The second-order valence-electron chi connectivity index (χ2n) is 4.13. The number of fused-ring (bicyclic) bond motifs is 1. The van der Waals surface area contributed by atoms with E-state index in [1.807, 2.05) is 28.8 Å². The molecule has 19 heavy (non-hydrogen) atoms. The van der Waals surface area contributed by atoms with Crippen LogP contribution in [0.5, 0.6) is 0 Å². The van der Waals surface area contributed by atoms with Gasteiger partial charge < -0.3 is 9.14 Å². The first-order chi connectivity index (χ1) is 9.12. The Morgan fingerprint density at radius 1 is 1.42 bits per heavy atom. The summed E-state index contributed by atoms with van der Waals surface area (Å²) in [5.41, 5.74) is 1.000. The topological polar surface area (TPSA) is 72.7 Å². The zero-order valence-corrected chi connectivity index (χ0v) is 11.6. The van der Waals surface area contributed by atoms with Crippen molar-refractivity contribution in [2.75, 3.05) is 26.0 Å². The lowest BCUT2D eigenvalue weighted by molar-refractivity contribution is 0.217. The highest BCUT2D eigenvalue weighted by molar-refractivity contribution is 7.89. The van der Waals surface area contributed by atoms with E-state index in [0.29, 0.717) is 13.0 Å². The maximum absolute atomic E-state index is 11.6. The molecule has 0 aromatic carbocycles. The van der Waals surface area contributed by atoms with Crippen LogP contribution < -0.4 is 4.72 Å². The lowest BCUT2D eigenvalue weighted by atomic mass is 10.4. The minimum Gasteiger partial charge on any atom is -0.384 e. The van der Waals surface area contributed by atoms with Gasteiger partial charge in [-0.25, -0.2) is 18.1 Å². The van der Waals surface area contributed by atoms with Crippen LogP contribution in [0.2, 0.25) is 0 Å². The van der Waals surface area contributed by atoms with Crippen LogP contribution in [0.3, 0.4) is 0 Å². The molecule has 1 N–H and O–H groups in total. The van der Waals surface area contributed by atoms with E-state index in [9.17, 15) is 8.42 Å². The Kier molecular flexibility index (Phi) is 4.52. The molecule has 0 spiro atoms. The highest BCUT2D eigenvalue weighted by atomic mass is 32.2. The summed E-state index contributed by atoms with van der Waals surface area (Å²) in [6.45, 7) is 0.529. The van der Waals surface area contributed by atoms with Gasteiger partial charge in [-0.3, -0.25) is 0 Å². The van der Waals surface area contributed by atoms with E-state index in [-0.39, 0.29) is 12.4 Å². The van der Waals surface area contributed by atoms with Crippen molar-refractivity contribution < 1.29 is 13.2 Å². The Labute approximate surface area is 112 Å². The first kappa shape index (κ1) is 14.0. The number of hydrogen-bond acceptors (Lipinski definition) is 4. The van der Waals surface area contributed by atoms with Crippen molar-refractivity contribution in [2.45, 2.75) is 6.42 Å². The highest BCUT2D eigenvalue weighted by Crippen LogP contribution is 2.06. The number of nitrogens with one attached hydrogen (secondary N) is 1. The first-order valence-electron chi connectivity index (χ1n) is 5.99. The molecule has 0 unspecified atom stereocenters. The predicted octanol–water partition coefficient (Wildman–Crippen LogP) is 0.443. The van der Waals surface area contributed by atoms with E-state index >= 15 is 0 Å². The molecule has 0 atom stereocenters. The van der Waals surface area contributed by atoms with Crippen molar-refractivity contribution in [3.63, 3.8) is 0 Å². The molecule has 0 fully saturated rings. The monoisotopic (exact) mass is 283 g/mol. The molecule has 6 nitrogen and oxygen atoms in total. The maximum atomic E-state index is 11.6. The van der Waals surface area contributed by atoms with Crippen LogP contribution in [0.1, 0.15) is 5.82 Å². The average Bonchev–Trinajstić information content (AvgIpc) is 2.80. The second-order valence-corrected chi connectivity index (χ2v) is 6.05. The van der Waals surface area contributed by atoms with Gasteiger partial charge in [0.05, 0.1) is 24.1 Å². The third-order valence-electron chi connectivity index (χ3n) is 2.74. The van der Waals surface area contributed by atoms with Crippen molar-refractivity contribution >= 4 is 15.5 Å². The molecule has 2 heterocycles. The third-order valence-corrected chi connectivity index (χ3v) is 4.09. The Bertz CT molecular complexity index is 636. The van der Waals surface area contributed by atoms with Crippen molar-refractivity contribution in [1.82, 2.24) is 14.1 Å². The van der Waals surface area contributed by atoms with Crippen LogP contribution >= 0.6 is 0 Å². The van der Waals surface area contributed by atoms with Gasteiger partial charge in [-0.1, -0.05) is 6.07 Å². The normalized spacial score (nSPS) is 12.1. The van der Waals surface area contributed by atoms with E-state index in [1.165, 1.54) is 7.11 Å². The molecule has 0 bridgehead atoms. The minimum atomic E-state index is -3.26. The predicted molar refractivity (Wildman–Crippen MR) is 72.6 cm³/mol. The van der Waals surface area contributed by atoms with E-state index in [2.05, 4.69) is 9.71 Å². The zero-order chi connectivity index (χ0) is 13.7. The van der Waals surface area contributed by atoms with Crippen LogP contribution in [-0.2, 0) is 21.2 Å². The molecule has 0 aliphatic carbocycles. The fourth-order valence-electron chi connectivity index (χ4n) is 1.77. The smallest absolute Gasteiger partial charge is 0.213 e. The van der Waals surface area contributed by atoms with Gasteiger partial charge in [0.1, 0.15) is 5.82 Å². The van der Waals surface area contributed by atoms with Crippen LogP contribution in [-0.4, -0.2) is 43.8 Å². The quantitative estimate of drug-likeness (QED) is 0.800. The molecule has 0 amide bonds. The Balaban J connectivity index is 1.93. The molecule has 0 aliphatic heterocycles. The lowest BCUT2D eigenvalue weighted by Crippen LogP contribution is -2.30. The highest BCUT2D eigenvalue weighted by Gasteiger charge is 2.10. The summed E-state index contributed by atoms with van der Waals surface area (Å²) < 4.78 is 32.4. The van der Waals surface area contributed by atoms with Crippen LogP contribution in [0, 0.1) is 0 Å². The van der Waals surface area contributed by atoms with Crippen molar-refractivity contribution in [3.8, 4) is 0 Å². The van der Waals surface area contributed by atoms with Crippen molar-refractivity contribution in [3.05, 3.63) is 36.4 Å². The fraction of sp³-hybridized carbons (Fsp3) is 0.417. The number of rotatable bonds is 7. The standard InChI is InChI=1S/C12H17N3O3S/c1-18-8-9-19(16,17)14-6-5-12-13-10-11-4-2-3-7-15(11)12/h2-4,7,10,14H,5-6,8-9H2,1H3. The van der Waals surface area contributed by atoms with E-state index < -0.39 is 10.0 Å². The van der Waals surface area contributed by atoms with Gasteiger partial charge in [0.2, 0.25) is 10.0 Å². The molecule has 104 valence electrons. The van der Waals surface area contributed by atoms with Crippen molar-refractivity contribution in [1.29, 1.82) is 0 Å². The molecule has 0 aliphatic rings. The SMILES string of the molecule is COCCS(=O)(=O)NCCc1ncc2ccccn12. The van der Waals surface area contributed by atoms with E-state index in [0.717, 1.165) is 11.3 Å². The lowest BCUT2D eigenvalue weighted by Gasteiger charge is -2.05. The van der Waals surface area contributed by atoms with Gasteiger partial charge in [-0.05, 0) is 12.1 Å². The number of nitrogens with zero attached hydrogens (tertiary/aromatic N) is 2. The zero-order valence-electron chi connectivity index (χ0n) is 10.7. The number of hydrogen-bond donors (Lipinski definition) is 1. The number of imidazole rings is 1. The summed E-state index contributed by atoms with van der Waals surface area (Å²) in [6, 6.07) is 5.81. The Morgan fingerprint density at radius 3 is 3.05 bits per heavy atom. The molecule has 2 aromatic heterocycles. The summed E-state index contributed by atoms with van der Waals surface area (Å²) in [5, 5.41) is 0. The van der Waals surface area contributed by atoms with Gasteiger partial charge in [0.25, 0.3) is 0 Å². The fourth-order valence-corrected chi connectivity index (χ4v) is 2.71. The van der Waals surface area contributed by atoms with Gasteiger partial charge in [0.15, 0.2) is 0 Å². The van der Waals surface area contributed by atoms with Gasteiger partial charge in [-0.2, -0.15) is 0 Å². The van der Waals surface area contributed by atoms with Gasteiger partial charge in [-0.15, -0.1) is 0 Å². The molecular weight excluding hydrogens is 266 g/mol. The first-order valence-corrected chi connectivity index (χ1v) is 7.65. The van der Waals surface area contributed by atoms with E-state index in [4.69, 9.17) is 4.74 Å². The number of sulfonamides is 1. The molecular formula is C12H17N3O3S. The van der Waals surface area contributed by atoms with Crippen molar-refractivity contribution in [2.24, 2.45) is 0 Å². The molecule has 2 aromatic rings. The summed E-state index contributed by atoms with van der Waals surface area (Å²) in [6.07, 6.45) is 4.23. The average molecular weight is 283 g/mol. The largest absolute Gasteiger partial charge is 0.384 e. The summed E-state index contributed by atoms with van der Waals surface area (Å²) in [4.78, 5) is 4.28. The Hall–Kier alpha value is -1.44. The second kappa shape index (κ2) is 6.14. The molecule has 0 saturated heterocycles. The molecule has 0 radical (unpaired) electrons. The molecule has 2 rings (SSSR count). The van der Waals surface area contributed by atoms with E-state index in [1.54, 1.807) is 6.20 Å². The molecule has 7 heteroatoms. The summed E-state index contributed by atoms with van der Waals surface area (Å²) in [7, 11) is -1.78. The number of pyridine rings is 1. The van der Waals surface area contributed by atoms with Crippen LogP contribution in [0.25, 0.3) is 5.52 Å². The summed E-state index contributed by atoms with van der Waals surface area (Å²) >= 11 is 0. The minimum absolute atomic E-state index is 0.0220. The van der Waals surface area contributed by atoms with Gasteiger partial charge in [0, 0.05) is 26.3 Å². The number of aromatic nitrogens is 2. The van der Waals surface area contributed by atoms with Crippen LogP contribution in [0.4, 0.5) is 0 Å². The maximum Gasteiger partial charge on any atom is 0.213 e. The third kappa shape index (κ3) is 3.76. The van der Waals surface area contributed by atoms with Gasteiger partial charge >= 0.3 is 0 Å². The van der Waals surface area contributed by atoms with Crippen LogP contribution in [0.15, 0.2) is 30.6 Å².